The van der Waals surface area contributed by atoms with Gasteiger partial charge < -0.3 is 17.6 Å². The molecular weight excluding hydrogens is 227 g/mol. The predicted molar refractivity (Wildman–Crippen MR) is 49.3 cm³/mol. The van der Waals surface area contributed by atoms with Gasteiger partial charge in [-0.2, -0.15) is 0 Å². The smallest absolute Gasteiger partial charge is 1.00 e. The fourth-order valence-corrected chi connectivity index (χ4v) is 0.655. The maximum Gasteiger partial charge on any atom is 1.00 e. The van der Waals surface area contributed by atoms with Crippen molar-refractivity contribution in [3.05, 3.63) is 0 Å². The molecule has 0 aromatic heterocycles. The number of carbonyl (C=O) groups excluding carboxylic acids is 4. The summed E-state index contributed by atoms with van der Waals surface area (Å²) in [6.07, 6.45) is -0.121. The van der Waals surface area contributed by atoms with Gasteiger partial charge in [-0.15, -0.1) is 0 Å². The molecule has 0 rings (SSSR count). The van der Waals surface area contributed by atoms with Gasteiger partial charge >= 0.3 is 41.5 Å². The summed E-state index contributed by atoms with van der Waals surface area (Å²) in [5, 5.41) is 0. The van der Waals surface area contributed by atoms with Crippen LogP contribution in [0.4, 0.5) is 0 Å². The molecule has 0 fully saturated rings. The summed E-state index contributed by atoms with van der Waals surface area (Å²) in [6.45, 7) is 0.963. The molecule has 0 saturated carbocycles. The molecule has 1 amide bonds. The first-order chi connectivity index (χ1) is 6.84. The summed E-state index contributed by atoms with van der Waals surface area (Å²) >= 11 is 0. The Morgan fingerprint density at radius 1 is 1.31 bits per heavy atom. The van der Waals surface area contributed by atoms with Crippen LogP contribution in [0.5, 0.6) is 0 Å². The molecule has 0 aliphatic rings. The molecule has 0 heterocycles. The van der Waals surface area contributed by atoms with Crippen LogP contribution in [0.15, 0.2) is 0 Å². The normalized spacial score (nSPS) is 10.9. The minimum absolute atomic E-state index is 0. The van der Waals surface area contributed by atoms with Crippen LogP contribution < -0.4 is 41.0 Å². The van der Waals surface area contributed by atoms with Crippen molar-refractivity contribution < 1.29 is 54.9 Å². The Balaban J connectivity index is -0.000000980. The van der Waals surface area contributed by atoms with Gasteiger partial charge in [0.2, 0.25) is 11.7 Å². The summed E-state index contributed by atoms with van der Waals surface area (Å²) in [5.41, 5.74) is 10.1. The maximum atomic E-state index is 11.0. The van der Waals surface area contributed by atoms with E-state index in [4.69, 9.17) is 11.5 Å². The van der Waals surface area contributed by atoms with E-state index in [-0.39, 0.29) is 43.8 Å². The minimum atomic E-state index is -1.27. The van der Waals surface area contributed by atoms with E-state index in [1.165, 1.54) is 0 Å². The number of ketones is 1. The van der Waals surface area contributed by atoms with Crippen molar-refractivity contribution in [2.75, 3.05) is 0 Å². The van der Waals surface area contributed by atoms with Crippen molar-refractivity contribution >= 4 is 23.6 Å². The molecule has 0 aromatic carbocycles. The SMILES string of the molecule is CC(=O)C(=O)OC(=O)[C@@H](N)CCC(N)=O.[H-].[Na+]. The summed E-state index contributed by atoms with van der Waals surface area (Å²) in [7, 11) is 0. The van der Waals surface area contributed by atoms with Crippen LogP contribution >= 0.6 is 0 Å². The first kappa shape index (κ1) is 17.6. The van der Waals surface area contributed by atoms with Crippen LogP contribution in [-0.2, 0) is 23.9 Å². The first-order valence-corrected chi connectivity index (χ1v) is 4.15. The van der Waals surface area contributed by atoms with Crippen molar-refractivity contribution in [1.82, 2.24) is 0 Å². The molecule has 0 radical (unpaired) electrons. The molecule has 7 nitrogen and oxygen atoms in total. The average Bonchev–Trinajstić information content (AvgIpc) is 2.13. The predicted octanol–water partition coefficient (Wildman–Crippen LogP) is -4.65. The number of rotatable bonds is 5. The molecule has 4 N–H and O–H groups in total. The van der Waals surface area contributed by atoms with E-state index in [1.54, 1.807) is 0 Å². The van der Waals surface area contributed by atoms with Crippen LogP contribution in [0.2, 0.25) is 0 Å². The number of carbonyl (C=O) groups is 4. The van der Waals surface area contributed by atoms with Gasteiger partial charge in [0.1, 0.15) is 6.04 Å². The van der Waals surface area contributed by atoms with Crippen LogP contribution in [0, 0.1) is 0 Å². The molecule has 8 heteroatoms. The van der Waals surface area contributed by atoms with Crippen LogP contribution in [0.25, 0.3) is 0 Å². The second-order valence-electron chi connectivity index (χ2n) is 2.88. The molecule has 16 heavy (non-hydrogen) atoms. The Hall–Kier alpha value is -0.760. The number of esters is 2. The third-order valence-corrected chi connectivity index (χ3v) is 1.49. The van der Waals surface area contributed by atoms with Crippen molar-refractivity contribution in [1.29, 1.82) is 0 Å². The molecule has 0 saturated heterocycles. The molecule has 0 unspecified atom stereocenters. The largest absolute Gasteiger partial charge is 1.00 e. The molecule has 0 spiro atoms. The number of amides is 1. The summed E-state index contributed by atoms with van der Waals surface area (Å²) in [6, 6.07) is -1.14. The average molecular weight is 240 g/mol. The van der Waals surface area contributed by atoms with Gasteiger partial charge in [-0.1, -0.05) is 0 Å². The Kier molecular flexibility index (Phi) is 9.25. The molecule has 0 bridgehead atoms. The zero-order valence-corrected chi connectivity index (χ0v) is 11.2. The van der Waals surface area contributed by atoms with Gasteiger partial charge in [-0.25, -0.2) is 9.59 Å². The van der Waals surface area contributed by atoms with Gasteiger partial charge in [0, 0.05) is 13.3 Å². The topological polar surface area (TPSA) is 130 Å². The van der Waals surface area contributed by atoms with Crippen molar-refractivity contribution in [2.45, 2.75) is 25.8 Å². The number of nitrogens with two attached hydrogens (primary N) is 2. The molecule has 0 aliphatic carbocycles. The van der Waals surface area contributed by atoms with E-state index in [1.807, 2.05) is 0 Å². The molecular formula is C8H13N2NaO5. The number of hydrogen-bond donors (Lipinski definition) is 2. The summed E-state index contributed by atoms with van der Waals surface area (Å²) in [4.78, 5) is 42.4. The quantitative estimate of drug-likeness (QED) is 0.215. The third kappa shape index (κ3) is 7.52. The maximum absolute atomic E-state index is 11.0. The number of ether oxygens (including phenoxy) is 1. The zero-order chi connectivity index (χ0) is 12.0. The van der Waals surface area contributed by atoms with Crippen molar-refractivity contribution in [2.24, 2.45) is 11.5 Å². The Morgan fingerprint density at radius 3 is 2.19 bits per heavy atom. The Bertz CT molecular complexity index is 310. The second kappa shape index (κ2) is 8.40. The second-order valence-corrected chi connectivity index (χ2v) is 2.88. The summed E-state index contributed by atoms with van der Waals surface area (Å²) in [5.74, 6) is -3.83. The van der Waals surface area contributed by atoms with Gasteiger partial charge in [-0.3, -0.25) is 9.59 Å². The molecule has 86 valence electrons. The van der Waals surface area contributed by atoms with E-state index < -0.39 is 29.7 Å². The van der Waals surface area contributed by atoms with Crippen LogP contribution in [-0.4, -0.2) is 29.7 Å². The first-order valence-electron chi connectivity index (χ1n) is 4.15. The number of hydrogen-bond acceptors (Lipinski definition) is 6. The van der Waals surface area contributed by atoms with E-state index in [9.17, 15) is 19.2 Å². The van der Waals surface area contributed by atoms with Crippen molar-refractivity contribution in [3.63, 3.8) is 0 Å². The van der Waals surface area contributed by atoms with E-state index in [0.29, 0.717) is 0 Å². The van der Waals surface area contributed by atoms with Gasteiger partial charge in [0.25, 0.3) is 0 Å². The van der Waals surface area contributed by atoms with E-state index in [2.05, 4.69) is 4.74 Å². The van der Waals surface area contributed by atoms with E-state index >= 15 is 0 Å². The summed E-state index contributed by atoms with van der Waals surface area (Å²) < 4.78 is 4.10. The fraction of sp³-hybridized carbons (Fsp3) is 0.500. The monoisotopic (exact) mass is 240 g/mol. The van der Waals surface area contributed by atoms with E-state index in [0.717, 1.165) is 6.92 Å². The van der Waals surface area contributed by atoms with Crippen LogP contribution in [0.3, 0.4) is 0 Å². The Morgan fingerprint density at radius 2 is 1.81 bits per heavy atom. The zero-order valence-electron chi connectivity index (χ0n) is 10.2. The van der Waals surface area contributed by atoms with Gasteiger partial charge in [-0.05, 0) is 6.42 Å². The Labute approximate surface area is 116 Å². The fourth-order valence-electron chi connectivity index (χ4n) is 0.655. The van der Waals surface area contributed by atoms with Gasteiger partial charge in [0.05, 0.1) is 0 Å². The molecule has 0 aliphatic heterocycles. The number of Topliss-reactive ketones (excluding diaryl/α,β-unsaturated/α-hetero) is 1. The third-order valence-electron chi connectivity index (χ3n) is 1.49. The molecule has 0 aromatic rings. The van der Waals surface area contributed by atoms with Gasteiger partial charge in [0.15, 0.2) is 0 Å². The molecule has 1 atom stereocenters. The van der Waals surface area contributed by atoms with Crippen LogP contribution in [0.1, 0.15) is 21.2 Å². The number of primary amides is 1. The standard InChI is InChI=1S/C8H12N2O5.Na.H/c1-4(11)7(13)15-8(14)5(9)2-3-6(10)12;;/h5H,2-3,9H2,1H3,(H2,10,12);;/q;+1;-1/t5-;;/m0../s1. The minimum Gasteiger partial charge on any atom is -1.00 e. The van der Waals surface area contributed by atoms with Crippen molar-refractivity contribution in [3.8, 4) is 0 Å².